The zero-order chi connectivity index (χ0) is 17.8. The lowest BCUT2D eigenvalue weighted by Gasteiger charge is -2.37. The molecule has 3 rings (SSSR count). The van der Waals surface area contributed by atoms with Gasteiger partial charge in [-0.3, -0.25) is 19.4 Å². The molecule has 2 fully saturated rings. The molecule has 1 aliphatic heterocycles. The van der Waals surface area contributed by atoms with Gasteiger partial charge >= 0.3 is 11.8 Å². The molecule has 2 unspecified atom stereocenters. The summed E-state index contributed by atoms with van der Waals surface area (Å²) >= 11 is 0. The lowest BCUT2D eigenvalue weighted by molar-refractivity contribution is -0.145. The van der Waals surface area contributed by atoms with Gasteiger partial charge in [0.25, 0.3) is 0 Å². The van der Waals surface area contributed by atoms with Crippen molar-refractivity contribution < 1.29 is 14.4 Å². The third kappa shape index (κ3) is 4.15. The normalized spacial score (nSPS) is 23.3. The van der Waals surface area contributed by atoms with Crippen molar-refractivity contribution in [1.82, 2.24) is 9.88 Å². The van der Waals surface area contributed by atoms with Gasteiger partial charge in [0, 0.05) is 19.3 Å². The molecule has 1 aromatic rings. The van der Waals surface area contributed by atoms with Gasteiger partial charge in [-0.05, 0) is 30.7 Å². The van der Waals surface area contributed by atoms with Gasteiger partial charge in [0.2, 0.25) is 5.91 Å². The maximum Gasteiger partial charge on any atom is 0.313 e. The van der Waals surface area contributed by atoms with E-state index in [1.165, 1.54) is 44.1 Å². The van der Waals surface area contributed by atoms with Crippen molar-refractivity contribution in [3.63, 3.8) is 0 Å². The number of fused-ring (bicyclic) bond motifs is 1. The molecule has 3 N–H and O–H groups in total. The third-order valence-corrected chi connectivity index (χ3v) is 5.30. The monoisotopic (exact) mass is 344 g/mol. The second-order valence-corrected chi connectivity index (χ2v) is 6.98. The van der Waals surface area contributed by atoms with Gasteiger partial charge in [0.1, 0.15) is 0 Å². The fourth-order valence-electron chi connectivity index (χ4n) is 3.93. The molecule has 134 valence electrons. The maximum atomic E-state index is 12.5. The van der Waals surface area contributed by atoms with Crippen LogP contribution >= 0.6 is 0 Å². The number of carbonyl (C=O) groups excluding carboxylic acids is 3. The lowest BCUT2D eigenvalue weighted by Crippen LogP contribution is -2.47. The van der Waals surface area contributed by atoms with Crippen LogP contribution in [0, 0.1) is 11.8 Å². The number of nitrogens with two attached hydrogens (primary N) is 1. The van der Waals surface area contributed by atoms with E-state index >= 15 is 0 Å². The summed E-state index contributed by atoms with van der Waals surface area (Å²) in [6.45, 7) is 1.30. The van der Waals surface area contributed by atoms with E-state index in [0.29, 0.717) is 30.6 Å². The number of carbonyl (C=O) groups is 3. The molecule has 1 saturated carbocycles. The summed E-state index contributed by atoms with van der Waals surface area (Å²) in [5.74, 6) is -0.660. The van der Waals surface area contributed by atoms with Crippen molar-refractivity contribution in [2.75, 3.05) is 18.4 Å². The Labute approximate surface area is 147 Å². The van der Waals surface area contributed by atoms with E-state index in [4.69, 9.17) is 5.73 Å². The standard InChI is InChI=1S/C18H24N4O3/c19-16(23)14-8-15(10-20-9-14)21-17(24)18(25)22-7-6-12-4-2-1-3-5-13(12)11-22/h8-10,12-13H,1-7,11H2,(H2,19,23)(H,21,24). The maximum absolute atomic E-state index is 12.5. The fraction of sp³-hybridized carbons (Fsp3) is 0.556. The first-order valence-corrected chi connectivity index (χ1v) is 8.89. The predicted octanol–water partition coefficient (Wildman–Crippen LogP) is 1.55. The molecular formula is C18H24N4O3. The van der Waals surface area contributed by atoms with Crippen LogP contribution in [0.1, 0.15) is 48.9 Å². The first-order valence-electron chi connectivity index (χ1n) is 8.89. The number of pyridine rings is 1. The number of nitrogens with one attached hydrogen (secondary N) is 1. The lowest BCUT2D eigenvalue weighted by atomic mass is 9.82. The molecule has 1 aromatic heterocycles. The Morgan fingerprint density at radius 1 is 1.08 bits per heavy atom. The van der Waals surface area contributed by atoms with E-state index < -0.39 is 17.7 Å². The summed E-state index contributed by atoms with van der Waals surface area (Å²) in [6.07, 6.45) is 9.81. The molecule has 0 spiro atoms. The van der Waals surface area contributed by atoms with Crippen LogP contribution in [-0.4, -0.2) is 40.7 Å². The molecular weight excluding hydrogens is 320 g/mol. The molecule has 2 heterocycles. The van der Waals surface area contributed by atoms with Crippen molar-refractivity contribution in [1.29, 1.82) is 0 Å². The Hall–Kier alpha value is -2.44. The fourth-order valence-corrected chi connectivity index (χ4v) is 3.93. The molecule has 25 heavy (non-hydrogen) atoms. The minimum atomic E-state index is -0.699. The highest BCUT2D eigenvalue weighted by Gasteiger charge is 2.34. The van der Waals surface area contributed by atoms with Gasteiger partial charge in [-0.25, -0.2) is 0 Å². The second-order valence-electron chi connectivity index (χ2n) is 6.98. The van der Waals surface area contributed by atoms with Crippen LogP contribution in [0.5, 0.6) is 0 Å². The zero-order valence-electron chi connectivity index (χ0n) is 14.2. The molecule has 0 aromatic carbocycles. The van der Waals surface area contributed by atoms with E-state index in [9.17, 15) is 14.4 Å². The van der Waals surface area contributed by atoms with E-state index in [1.54, 1.807) is 4.90 Å². The average molecular weight is 344 g/mol. The van der Waals surface area contributed by atoms with Crippen molar-refractivity contribution >= 4 is 23.4 Å². The molecule has 1 saturated heterocycles. The minimum Gasteiger partial charge on any atom is -0.366 e. The number of likely N-dealkylation sites (tertiary alicyclic amines) is 1. The zero-order valence-corrected chi connectivity index (χ0v) is 14.2. The number of nitrogens with zero attached hydrogens (tertiary/aromatic N) is 2. The van der Waals surface area contributed by atoms with Gasteiger partial charge in [-0.2, -0.15) is 0 Å². The molecule has 7 heteroatoms. The molecule has 0 bridgehead atoms. The van der Waals surface area contributed by atoms with Crippen molar-refractivity contribution in [2.24, 2.45) is 17.6 Å². The number of piperidine rings is 1. The summed E-state index contributed by atoms with van der Waals surface area (Å²) in [5, 5.41) is 2.52. The quantitative estimate of drug-likeness (QED) is 0.794. The third-order valence-electron chi connectivity index (χ3n) is 5.30. The predicted molar refractivity (Wildman–Crippen MR) is 92.6 cm³/mol. The van der Waals surface area contributed by atoms with Gasteiger partial charge < -0.3 is 16.0 Å². The largest absolute Gasteiger partial charge is 0.366 e. The minimum absolute atomic E-state index is 0.185. The number of aromatic nitrogens is 1. The van der Waals surface area contributed by atoms with Crippen LogP contribution in [0.15, 0.2) is 18.5 Å². The van der Waals surface area contributed by atoms with E-state index in [2.05, 4.69) is 10.3 Å². The number of anilines is 1. The Morgan fingerprint density at radius 3 is 2.60 bits per heavy atom. The highest BCUT2D eigenvalue weighted by molar-refractivity contribution is 6.39. The number of hydrogen-bond donors (Lipinski definition) is 2. The van der Waals surface area contributed by atoms with Crippen LogP contribution in [-0.2, 0) is 9.59 Å². The first kappa shape index (κ1) is 17.4. The van der Waals surface area contributed by atoms with Crippen LogP contribution in [0.25, 0.3) is 0 Å². The van der Waals surface area contributed by atoms with E-state index in [1.807, 2.05) is 0 Å². The van der Waals surface area contributed by atoms with Crippen LogP contribution in [0.3, 0.4) is 0 Å². The summed E-state index contributed by atoms with van der Waals surface area (Å²) in [4.78, 5) is 41.4. The van der Waals surface area contributed by atoms with Gasteiger partial charge in [-0.15, -0.1) is 0 Å². The number of hydrogen-bond acceptors (Lipinski definition) is 4. The Bertz CT molecular complexity index is 676. The van der Waals surface area contributed by atoms with Crippen LogP contribution < -0.4 is 11.1 Å². The molecule has 7 nitrogen and oxygen atoms in total. The SMILES string of the molecule is NC(=O)c1cncc(NC(=O)C(=O)N2CCC3CCCCCC3C2)c1. The molecule has 1 aliphatic carbocycles. The average Bonchev–Trinajstić information content (AvgIpc) is 2.85. The van der Waals surface area contributed by atoms with Gasteiger partial charge in [-0.1, -0.05) is 25.7 Å². The van der Waals surface area contributed by atoms with Gasteiger partial charge in [0.05, 0.1) is 17.4 Å². The topological polar surface area (TPSA) is 105 Å². The number of primary amides is 1. The van der Waals surface area contributed by atoms with E-state index in [-0.39, 0.29) is 5.56 Å². The Kier molecular flexibility index (Phi) is 5.31. The summed E-state index contributed by atoms with van der Waals surface area (Å²) < 4.78 is 0. The van der Waals surface area contributed by atoms with Crippen LogP contribution in [0.2, 0.25) is 0 Å². The van der Waals surface area contributed by atoms with Crippen molar-refractivity contribution in [3.8, 4) is 0 Å². The first-order chi connectivity index (χ1) is 12.0. The van der Waals surface area contributed by atoms with Gasteiger partial charge in [0.15, 0.2) is 0 Å². The number of rotatable bonds is 2. The molecule has 3 amide bonds. The van der Waals surface area contributed by atoms with E-state index in [0.717, 1.165) is 12.8 Å². The summed E-state index contributed by atoms with van der Waals surface area (Å²) in [6, 6.07) is 1.41. The summed E-state index contributed by atoms with van der Waals surface area (Å²) in [7, 11) is 0. The van der Waals surface area contributed by atoms with Crippen molar-refractivity contribution in [2.45, 2.75) is 38.5 Å². The Balaban J connectivity index is 1.61. The Morgan fingerprint density at radius 2 is 1.84 bits per heavy atom. The molecule has 0 radical (unpaired) electrons. The molecule has 2 aliphatic rings. The summed E-state index contributed by atoms with van der Waals surface area (Å²) in [5.41, 5.74) is 5.67. The number of amides is 3. The molecule has 2 atom stereocenters. The van der Waals surface area contributed by atoms with Crippen molar-refractivity contribution in [3.05, 3.63) is 24.0 Å². The van der Waals surface area contributed by atoms with Crippen LogP contribution in [0.4, 0.5) is 5.69 Å². The second kappa shape index (κ2) is 7.63. The highest BCUT2D eigenvalue weighted by Crippen LogP contribution is 2.34. The highest BCUT2D eigenvalue weighted by atomic mass is 16.2. The smallest absolute Gasteiger partial charge is 0.313 e.